The van der Waals surface area contributed by atoms with Crippen LogP contribution in [-0.4, -0.2) is 51.1 Å². The van der Waals surface area contributed by atoms with Gasteiger partial charge in [0.05, 0.1) is 11.9 Å². The van der Waals surface area contributed by atoms with Crippen LogP contribution in [0.2, 0.25) is 0 Å². The molecule has 0 spiro atoms. The SMILES string of the molecule is CC(C)CNC(=O)c1cnn2c([C@H]3CCCN(C4CCCC4)C3)ccnc12. The summed E-state index contributed by atoms with van der Waals surface area (Å²) in [6, 6.07) is 2.85. The quantitative estimate of drug-likeness (QED) is 0.879. The third-order valence-corrected chi connectivity index (χ3v) is 6.06. The zero-order chi connectivity index (χ0) is 18.8. The number of nitrogens with zero attached hydrogens (tertiary/aromatic N) is 4. The second-order valence-electron chi connectivity index (χ2n) is 8.54. The number of aromatic nitrogens is 3. The Balaban J connectivity index is 1.56. The fraction of sp³-hybridized carbons (Fsp3) is 0.667. The zero-order valence-electron chi connectivity index (χ0n) is 16.5. The first-order valence-electron chi connectivity index (χ1n) is 10.5. The van der Waals surface area contributed by atoms with Crippen LogP contribution in [-0.2, 0) is 0 Å². The van der Waals surface area contributed by atoms with Crippen LogP contribution in [0.4, 0.5) is 0 Å². The topological polar surface area (TPSA) is 62.5 Å². The monoisotopic (exact) mass is 369 g/mol. The Kier molecular flexibility index (Phi) is 5.43. The molecule has 146 valence electrons. The highest BCUT2D eigenvalue weighted by atomic mass is 16.1. The van der Waals surface area contributed by atoms with Crippen molar-refractivity contribution < 1.29 is 4.79 Å². The van der Waals surface area contributed by atoms with Crippen LogP contribution < -0.4 is 5.32 Å². The second kappa shape index (κ2) is 7.97. The van der Waals surface area contributed by atoms with Gasteiger partial charge in [-0.1, -0.05) is 26.7 Å². The summed E-state index contributed by atoms with van der Waals surface area (Å²) < 4.78 is 1.90. The van der Waals surface area contributed by atoms with Crippen LogP contribution in [0.25, 0.3) is 5.65 Å². The molecule has 0 bridgehead atoms. The van der Waals surface area contributed by atoms with Gasteiger partial charge in [0, 0.05) is 31.2 Å². The van der Waals surface area contributed by atoms with Gasteiger partial charge in [0.25, 0.3) is 5.91 Å². The highest BCUT2D eigenvalue weighted by Gasteiger charge is 2.30. The lowest BCUT2D eigenvalue weighted by Crippen LogP contribution is -2.41. The summed E-state index contributed by atoms with van der Waals surface area (Å²) in [6.07, 6.45) is 11.4. The molecular weight excluding hydrogens is 338 g/mol. The van der Waals surface area contributed by atoms with Gasteiger partial charge in [-0.2, -0.15) is 5.10 Å². The van der Waals surface area contributed by atoms with E-state index in [-0.39, 0.29) is 5.91 Å². The molecule has 6 nitrogen and oxygen atoms in total. The summed E-state index contributed by atoms with van der Waals surface area (Å²) >= 11 is 0. The van der Waals surface area contributed by atoms with Gasteiger partial charge >= 0.3 is 0 Å². The van der Waals surface area contributed by atoms with Crippen LogP contribution in [0.1, 0.15) is 74.3 Å². The summed E-state index contributed by atoms with van der Waals surface area (Å²) in [5.74, 6) is 0.791. The molecule has 0 radical (unpaired) electrons. The third-order valence-electron chi connectivity index (χ3n) is 6.06. The van der Waals surface area contributed by atoms with E-state index < -0.39 is 0 Å². The Morgan fingerprint density at radius 3 is 2.85 bits per heavy atom. The van der Waals surface area contributed by atoms with Gasteiger partial charge < -0.3 is 5.32 Å². The van der Waals surface area contributed by atoms with E-state index in [0.717, 1.165) is 12.6 Å². The molecule has 1 aliphatic carbocycles. The summed E-state index contributed by atoms with van der Waals surface area (Å²) in [4.78, 5) is 19.7. The second-order valence-corrected chi connectivity index (χ2v) is 8.54. The number of fused-ring (bicyclic) bond motifs is 1. The van der Waals surface area contributed by atoms with Crippen LogP contribution >= 0.6 is 0 Å². The summed E-state index contributed by atoms with van der Waals surface area (Å²) in [5.41, 5.74) is 2.43. The van der Waals surface area contributed by atoms with Gasteiger partial charge in [-0.3, -0.25) is 9.69 Å². The molecule has 1 saturated heterocycles. The van der Waals surface area contributed by atoms with Crippen molar-refractivity contribution >= 4 is 11.6 Å². The molecule has 1 saturated carbocycles. The first-order valence-corrected chi connectivity index (χ1v) is 10.5. The minimum absolute atomic E-state index is 0.0837. The van der Waals surface area contributed by atoms with Gasteiger partial charge in [-0.15, -0.1) is 0 Å². The van der Waals surface area contributed by atoms with Crippen LogP contribution in [0.15, 0.2) is 18.5 Å². The van der Waals surface area contributed by atoms with Gasteiger partial charge in [-0.25, -0.2) is 9.50 Å². The molecule has 27 heavy (non-hydrogen) atoms. The first-order chi connectivity index (χ1) is 13.1. The maximum atomic E-state index is 12.5. The third kappa shape index (κ3) is 3.86. The number of hydrogen-bond acceptors (Lipinski definition) is 4. The van der Waals surface area contributed by atoms with Crippen LogP contribution in [0.5, 0.6) is 0 Å². The molecule has 4 rings (SSSR count). The molecule has 2 fully saturated rings. The molecule has 0 unspecified atom stereocenters. The van der Waals surface area contributed by atoms with E-state index >= 15 is 0 Å². The van der Waals surface area contributed by atoms with Gasteiger partial charge in [0.15, 0.2) is 5.65 Å². The highest BCUT2D eigenvalue weighted by Crippen LogP contribution is 2.32. The lowest BCUT2D eigenvalue weighted by Gasteiger charge is -2.36. The Morgan fingerprint density at radius 1 is 1.26 bits per heavy atom. The van der Waals surface area contributed by atoms with Crippen molar-refractivity contribution in [2.24, 2.45) is 5.92 Å². The van der Waals surface area contributed by atoms with E-state index in [2.05, 4.69) is 40.2 Å². The molecule has 1 amide bonds. The molecule has 3 heterocycles. The number of hydrogen-bond donors (Lipinski definition) is 1. The molecule has 1 aliphatic heterocycles. The highest BCUT2D eigenvalue weighted by molar-refractivity contribution is 5.99. The summed E-state index contributed by atoms with van der Waals surface area (Å²) in [7, 11) is 0. The molecule has 2 aromatic rings. The van der Waals surface area contributed by atoms with E-state index in [1.165, 1.54) is 50.8 Å². The predicted octanol–water partition coefficient (Wildman–Crippen LogP) is 3.24. The number of amides is 1. The molecule has 0 aromatic carbocycles. The molecule has 1 atom stereocenters. The number of piperidine rings is 1. The van der Waals surface area contributed by atoms with Crippen molar-refractivity contribution in [3.05, 3.63) is 29.7 Å². The number of rotatable bonds is 5. The maximum Gasteiger partial charge on any atom is 0.256 e. The summed E-state index contributed by atoms with van der Waals surface area (Å²) in [5, 5.41) is 7.52. The first kappa shape index (κ1) is 18.4. The number of likely N-dealkylation sites (tertiary alicyclic amines) is 1. The van der Waals surface area contributed by atoms with Crippen molar-refractivity contribution in [1.82, 2.24) is 24.8 Å². The summed E-state index contributed by atoms with van der Waals surface area (Å²) in [6.45, 7) is 7.16. The fourth-order valence-corrected chi connectivity index (χ4v) is 4.62. The van der Waals surface area contributed by atoms with Gasteiger partial charge in [0.2, 0.25) is 0 Å². The smallest absolute Gasteiger partial charge is 0.256 e. The number of nitrogens with one attached hydrogen (secondary N) is 1. The molecule has 2 aliphatic rings. The van der Waals surface area contributed by atoms with E-state index in [1.54, 1.807) is 6.20 Å². The Bertz CT molecular complexity index is 793. The minimum Gasteiger partial charge on any atom is -0.352 e. The zero-order valence-corrected chi connectivity index (χ0v) is 16.5. The van der Waals surface area contributed by atoms with E-state index in [9.17, 15) is 4.79 Å². The van der Waals surface area contributed by atoms with Crippen LogP contribution in [0.3, 0.4) is 0 Å². The van der Waals surface area contributed by atoms with Gasteiger partial charge in [0.1, 0.15) is 5.56 Å². The van der Waals surface area contributed by atoms with Crippen molar-refractivity contribution in [3.8, 4) is 0 Å². The van der Waals surface area contributed by atoms with E-state index in [1.807, 2.05) is 10.7 Å². The van der Waals surface area contributed by atoms with E-state index in [4.69, 9.17) is 0 Å². The van der Waals surface area contributed by atoms with E-state index in [0.29, 0.717) is 29.6 Å². The van der Waals surface area contributed by atoms with Crippen molar-refractivity contribution in [1.29, 1.82) is 0 Å². The van der Waals surface area contributed by atoms with Gasteiger partial charge in [-0.05, 0) is 44.2 Å². The lowest BCUT2D eigenvalue weighted by atomic mass is 9.93. The normalized spacial score (nSPS) is 22.0. The van der Waals surface area contributed by atoms with Crippen molar-refractivity contribution in [3.63, 3.8) is 0 Å². The minimum atomic E-state index is -0.0837. The molecule has 2 aromatic heterocycles. The molecule has 6 heteroatoms. The molecule has 1 N–H and O–H groups in total. The fourth-order valence-electron chi connectivity index (χ4n) is 4.62. The Morgan fingerprint density at radius 2 is 2.07 bits per heavy atom. The predicted molar refractivity (Wildman–Crippen MR) is 106 cm³/mol. The number of carbonyl (C=O) groups is 1. The maximum absolute atomic E-state index is 12.5. The standard InChI is InChI=1S/C21H31N5O/c1-15(2)12-23-21(27)18-13-24-26-19(9-10-22-20(18)26)16-6-5-11-25(14-16)17-7-3-4-8-17/h9-10,13,15-17H,3-8,11-12,14H2,1-2H3,(H,23,27)/t16-/m0/s1. The van der Waals surface area contributed by atoms with Crippen LogP contribution in [0, 0.1) is 5.92 Å². The Labute approximate surface area is 161 Å². The van der Waals surface area contributed by atoms with Crippen molar-refractivity contribution in [2.45, 2.75) is 64.3 Å². The average molecular weight is 370 g/mol. The lowest BCUT2D eigenvalue weighted by molar-refractivity contribution is 0.0950. The Hall–Kier alpha value is -1.95. The van der Waals surface area contributed by atoms with Crippen molar-refractivity contribution in [2.75, 3.05) is 19.6 Å². The average Bonchev–Trinajstić information content (AvgIpc) is 3.36. The number of carbonyl (C=O) groups excluding carboxylic acids is 1. The largest absolute Gasteiger partial charge is 0.352 e. The molecular formula is C21H31N5O.